The molecular formula is C23H21ClFN5O2S2. The van der Waals surface area contributed by atoms with Gasteiger partial charge in [-0.25, -0.2) is 9.37 Å². The van der Waals surface area contributed by atoms with Crippen LogP contribution in [0.25, 0.3) is 17.1 Å². The molecule has 4 rings (SSSR count). The van der Waals surface area contributed by atoms with Crippen LogP contribution in [0.5, 0.6) is 0 Å². The number of para-hydroxylation sites is 1. The van der Waals surface area contributed by atoms with Gasteiger partial charge in [0, 0.05) is 31.2 Å². The summed E-state index contributed by atoms with van der Waals surface area (Å²) in [5.41, 5.74) is 1.33. The molecule has 2 heterocycles. The minimum atomic E-state index is -0.404. The minimum absolute atomic E-state index is 0.223. The van der Waals surface area contributed by atoms with Crippen molar-refractivity contribution in [1.82, 2.24) is 25.1 Å². The Morgan fingerprint density at radius 1 is 1.21 bits per heavy atom. The predicted octanol–water partition coefficient (Wildman–Crippen LogP) is 5.24. The van der Waals surface area contributed by atoms with Gasteiger partial charge in [0.1, 0.15) is 16.5 Å². The maximum atomic E-state index is 14.8. The van der Waals surface area contributed by atoms with Crippen molar-refractivity contribution in [3.05, 3.63) is 75.5 Å². The maximum Gasteiger partial charge on any atom is 0.270 e. The number of nitrogens with one attached hydrogen (secondary N) is 1. The van der Waals surface area contributed by atoms with E-state index in [9.17, 15) is 9.18 Å². The van der Waals surface area contributed by atoms with Crippen LogP contribution in [0.1, 0.15) is 21.9 Å². The molecule has 7 nitrogen and oxygen atoms in total. The van der Waals surface area contributed by atoms with E-state index in [4.69, 9.17) is 16.3 Å². The number of hydrogen-bond acceptors (Lipinski definition) is 7. The van der Waals surface area contributed by atoms with Crippen LogP contribution in [-0.4, -0.2) is 45.9 Å². The number of ether oxygens (including phenoxy) is 1. The highest BCUT2D eigenvalue weighted by Gasteiger charge is 2.21. The molecule has 2 aromatic heterocycles. The highest BCUT2D eigenvalue weighted by atomic mass is 35.5. The van der Waals surface area contributed by atoms with Gasteiger partial charge < -0.3 is 10.1 Å². The van der Waals surface area contributed by atoms with Crippen LogP contribution < -0.4 is 5.32 Å². The summed E-state index contributed by atoms with van der Waals surface area (Å²) in [5.74, 6) is 0.253. The Balaban J connectivity index is 1.56. The molecular weight excluding hydrogens is 497 g/mol. The molecule has 34 heavy (non-hydrogen) atoms. The Hall–Kier alpha value is -2.79. The molecule has 0 atom stereocenters. The first-order chi connectivity index (χ1) is 16.6. The molecule has 0 spiro atoms. The van der Waals surface area contributed by atoms with E-state index >= 15 is 0 Å². The zero-order chi connectivity index (χ0) is 23.9. The third kappa shape index (κ3) is 5.64. The fraction of sp³-hybridized carbons (Fsp3) is 0.217. The highest BCUT2D eigenvalue weighted by Crippen LogP contribution is 2.34. The van der Waals surface area contributed by atoms with Crippen LogP contribution in [0.3, 0.4) is 0 Å². The van der Waals surface area contributed by atoms with Crippen LogP contribution in [-0.2, 0) is 10.5 Å². The number of amides is 1. The van der Waals surface area contributed by atoms with E-state index in [2.05, 4.69) is 20.5 Å². The molecule has 0 unspecified atom stereocenters. The van der Waals surface area contributed by atoms with Crippen molar-refractivity contribution >= 4 is 40.6 Å². The lowest BCUT2D eigenvalue weighted by molar-refractivity contribution is 0.0944. The summed E-state index contributed by atoms with van der Waals surface area (Å²) in [6.45, 7) is 1.10. The number of benzene rings is 2. The van der Waals surface area contributed by atoms with E-state index < -0.39 is 5.82 Å². The largest absolute Gasteiger partial charge is 0.385 e. The SMILES string of the molecule is COCCCNC(=O)c1csc(CSc2nnc(-c3ccccc3Cl)n2-c2ccccc2F)n1. The second-order valence-electron chi connectivity index (χ2n) is 7.09. The van der Waals surface area contributed by atoms with Crippen molar-refractivity contribution in [2.75, 3.05) is 20.3 Å². The van der Waals surface area contributed by atoms with Gasteiger partial charge in [0.2, 0.25) is 0 Å². The van der Waals surface area contributed by atoms with E-state index in [1.165, 1.54) is 29.2 Å². The van der Waals surface area contributed by atoms with Gasteiger partial charge in [-0.1, -0.05) is 47.6 Å². The minimum Gasteiger partial charge on any atom is -0.385 e. The van der Waals surface area contributed by atoms with E-state index in [0.29, 0.717) is 51.9 Å². The van der Waals surface area contributed by atoms with Gasteiger partial charge in [-0.15, -0.1) is 21.5 Å². The second-order valence-corrected chi connectivity index (χ2v) is 9.38. The first-order valence-corrected chi connectivity index (χ1v) is 12.6. The quantitative estimate of drug-likeness (QED) is 0.229. The number of methoxy groups -OCH3 is 1. The summed E-state index contributed by atoms with van der Waals surface area (Å²) in [6, 6.07) is 13.7. The molecule has 0 saturated carbocycles. The summed E-state index contributed by atoms with van der Waals surface area (Å²) in [4.78, 5) is 16.7. The topological polar surface area (TPSA) is 81.9 Å². The summed E-state index contributed by atoms with van der Waals surface area (Å²) in [7, 11) is 1.62. The summed E-state index contributed by atoms with van der Waals surface area (Å²) >= 11 is 9.13. The van der Waals surface area contributed by atoms with Gasteiger partial charge in [-0.05, 0) is 30.7 Å². The van der Waals surface area contributed by atoms with Gasteiger partial charge in [-0.2, -0.15) is 0 Å². The Kier molecular flexibility index (Phi) is 8.28. The van der Waals surface area contributed by atoms with Crippen molar-refractivity contribution in [3.8, 4) is 17.1 Å². The van der Waals surface area contributed by atoms with Gasteiger partial charge in [0.15, 0.2) is 11.0 Å². The van der Waals surface area contributed by atoms with Crippen molar-refractivity contribution in [2.24, 2.45) is 0 Å². The fourth-order valence-corrected chi connectivity index (χ4v) is 5.10. The number of rotatable bonds is 10. The van der Waals surface area contributed by atoms with Crippen LogP contribution in [0.2, 0.25) is 5.02 Å². The highest BCUT2D eigenvalue weighted by molar-refractivity contribution is 7.98. The number of thiazole rings is 1. The molecule has 0 aliphatic heterocycles. The van der Waals surface area contributed by atoms with Crippen molar-refractivity contribution in [2.45, 2.75) is 17.3 Å². The smallest absolute Gasteiger partial charge is 0.270 e. The average Bonchev–Trinajstić information content (AvgIpc) is 3.48. The fourth-order valence-electron chi connectivity index (χ4n) is 3.15. The Bertz CT molecular complexity index is 1280. The van der Waals surface area contributed by atoms with E-state index in [0.717, 1.165) is 11.4 Å². The molecule has 0 saturated heterocycles. The van der Waals surface area contributed by atoms with Gasteiger partial charge in [-0.3, -0.25) is 9.36 Å². The molecule has 176 valence electrons. The molecule has 0 aliphatic carbocycles. The van der Waals surface area contributed by atoms with Gasteiger partial charge >= 0.3 is 0 Å². The molecule has 0 bridgehead atoms. The van der Waals surface area contributed by atoms with Crippen molar-refractivity contribution in [1.29, 1.82) is 0 Å². The number of aromatic nitrogens is 4. The Labute approximate surface area is 209 Å². The van der Waals surface area contributed by atoms with Crippen LogP contribution in [0, 0.1) is 5.82 Å². The predicted molar refractivity (Wildman–Crippen MR) is 132 cm³/mol. The molecule has 1 amide bonds. The monoisotopic (exact) mass is 517 g/mol. The number of carbonyl (C=O) groups is 1. The van der Waals surface area contributed by atoms with Crippen molar-refractivity contribution < 1.29 is 13.9 Å². The molecule has 0 radical (unpaired) electrons. The Morgan fingerprint density at radius 2 is 2.00 bits per heavy atom. The Morgan fingerprint density at radius 3 is 2.79 bits per heavy atom. The van der Waals surface area contributed by atoms with E-state index in [1.807, 2.05) is 18.2 Å². The number of carbonyl (C=O) groups excluding carboxylic acids is 1. The molecule has 0 fully saturated rings. The van der Waals surface area contributed by atoms with Crippen LogP contribution >= 0.6 is 34.7 Å². The summed E-state index contributed by atoms with van der Waals surface area (Å²) < 4.78 is 21.4. The average molecular weight is 518 g/mol. The van der Waals surface area contributed by atoms with Gasteiger partial charge in [0.05, 0.1) is 16.5 Å². The van der Waals surface area contributed by atoms with Crippen LogP contribution in [0.15, 0.2) is 59.1 Å². The molecule has 4 aromatic rings. The van der Waals surface area contributed by atoms with E-state index in [-0.39, 0.29) is 5.91 Å². The number of hydrogen-bond donors (Lipinski definition) is 1. The third-order valence-electron chi connectivity index (χ3n) is 4.76. The lowest BCUT2D eigenvalue weighted by Gasteiger charge is -2.11. The van der Waals surface area contributed by atoms with E-state index in [1.54, 1.807) is 41.3 Å². The molecule has 2 aromatic carbocycles. The van der Waals surface area contributed by atoms with Gasteiger partial charge in [0.25, 0.3) is 5.91 Å². The first kappa shape index (κ1) is 24.3. The standard InChI is InChI=1S/C23H21ClFN5O2S2/c1-32-12-6-11-26-22(31)18-13-33-20(27-18)14-34-23-29-28-21(15-7-2-3-8-16(15)24)30(23)19-10-5-4-9-17(19)25/h2-5,7-10,13H,6,11-12,14H2,1H3,(H,26,31). The van der Waals surface area contributed by atoms with Crippen LogP contribution in [0.4, 0.5) is 4.39 Å². The number of halogens is 2. The summed E-state index contributed by atoms with van der Waals surface area (Å²) in [5, 5.41) is 14.9. The lowest BCUT2D eigenvalue weighted by Crippen LogP contribution is -2.25. The first-order valence-electron chi connectivity index (χ1n) is 10.4. The number of thioether (sulfide) groups is 1. The maximum absolute atomic E-state index is 14.8. The normalized spacial score (nSPS) is 11.0. The second kappa shape index (κ2) is 11.6. The third-order valence-corrected chi connectivity index (χ3v) is 7.06. The zero-order valence-electron chi connectivity index (χ0n) is 18.2. The molecule has 1 N–H and O–H groups in total. The molecule has 11 heteroatoms. The lowest BCUT2D eigenvalue weighted by atomic mass is 10.2. The van der Waals surface area contributed by atoms with Crippen molar-refractivity contribution in [3.63, 3.8) is 0 Å². The number of nitrogens with zero attached hydrogens (tertiary/aromatic N) is 4. The summed E-state index contributed by atoms with van der Waals surface area (Å²) in [6.07, 6.45) is 0.731. The zero-order valence-corrected chi connectivity index (χ0v) is 20.6. The molecule has 0 aliphatic rings.